The van der Waals surface area contributed by atoms with Crippen molar-refractivity contribution in [1.82, 2.24) is 15.2 Å². The van der Waals surface area contributed by atoms with Gasteiger partial charge in [-0.25, -0.2) is 0 Å². The smallest absolute Gasteiger partial charge is 0.257 e. The number of halogens is 1. The molecule has 4 rings (SSSR count). The zero-order chi connectivity index (χ0) is 19.1. The molecule has 2 N–H and O–H groups in total. The summed E-state index contributed by atoms with van der Waals surface area (Å²) in [7, 11) is 1.68. The minimum absolute atomic E-state index is 0.0493. The van der Waals surface area contributed by atoms with E-state index < -0.39 is 0 Å². The van der Waals surface area contributed by atoms with Crippen LogP contribution in [0.5, 0.6) is 17.2 Å². The summed E-state index contributed by atoms with van der Waals surface area (Å²) in [6.45, 7) is 0.602. The molecule has 3 heterocycles. The normalized spacial score (nSPS) is 14.9. The molecule has 0 radical (unpaired) electrons. The number of hydrogen-bond donors (Lipinski definition) is 2. The van der Waals surface area contributed by atoms with Gasteiger partial charge >= 0.3 is 0 Å². The van der Waals surface area contributed by atoms with Crippen molar-refractivity contribution < 1.29 is 24.2 Å². The Labute approximate surface area is 163 Å². The highest BCUT2D eigenvalue weighted by Gasteiger charge is 2.35. The second-order valence-corrected chi connectivity index (χ2v) is 7.21. The molecule has 1 aromatic heterocycles. The monoisotopic (exact) mass is 433 g/mol. The van der Waals surface area contributed by atoms with Crippen molar-refractivity contribution in [3.05, 3.63) is 45.2 Å². The van der Waals surface area contributed by atoms with Gasteiger partial charge in [0.05, 0.1) is 11.1 Å². The molecule has 0 atom stereocenters. The number of hydrogen-bond acceptors (Lipinski definition) is 6. The number of carbonyl (C=O) groups is 2. The Balaban J connectivity index is 1.70. The molecule has 0 unspecified atom stereocenters. The van der Waals surface area contributed by atoms with Crippen LogP contribution < -0.4 is 14.8 Å². The lowest BCUT2D eigenvalue weighted by molar-refractivity contribution is 0.0776. The number of nitrogens with one attached hydrogen (secondary N) is 1. The van der Waals surface area contributed by atoms with Crippen LogP contribution in [0.15, 0.2) is 22.9 Å². The number of rotatable bonds is 3. The van der Waals surface area contributed by atoms with Gasteiger partial charge in [0.15, 0.2) is 11.5 Å². The van der Waals surface area contributed by atoms with E-state index in [-0.39, 0.29) is 42.2 Å². The number of pyridine rings is 1. The third-order valence-corrected chi connectivity index (χ3v) is 5.09. The van der Waals surface area contributed by atoms with Gasteiger partial charge in [0.25, 0.3) is 11.8 Å². The SMILES string of the molecule is CN1CCc2c(CNC(=O)c3cncc(Br)c3)c3c(c(O)c2C1=O)OCO3. The average molecular weight is 434 g/mol. The number of fused-ring (bicyclic) bond motifs is 2. The van der Waals surface area contributed by atoms with Crippen LogP contribution in [-0.4, -0.2) is 47.2 Å². The molecule has 2 aliphatic rings. The van der Waals surface area contributed by atoms with Crippen LogP contribution in [0.1, 0.15) is 31.8 Å². The van der Waals surface area contributed by atoms with E-state index in [4.69, 9.17) is 9.47 Å². The largest absolute Gasteiger partial charge is 0.504 e. The molecule has 0 fully saturated rings. The molecular weight excluding hydrogens is 418 g/mol. The van der Waals surface area contributed by atoms with Gasteiger partial charge in [-0.15, -0.1) is 0 Å². The van der Waals surface area contributed by atoms with Crippen LogP contribution in [-0.2, 0) is 13.0 Å². The Bertz CT molecular complexity index is 962. The van der Waals surface area contributed by atoms with Gasteiger partial charge in [-0.2, -0.15) is 0 Å². The first kappa shape index (κ1) is 17.6. The second kappa shape index (κ2) is 6.73. The Hall–Kier alpha value is -2.81. The van der Waals surface area contributed by atoms with Crippen molar-refractivity contribution in [2.45, 2.75) is 13.0 Å². The summed E-state index contributed by atoms with van der Waals surface area (Å²) in [5, 5.41) is 13.3. The highest BCUT2D eigenvalue weighted by atomic mass is 79.9. The van der Waals surface area contributed by atoms with E-state index in [0.717, 1.165) is 0 Å². The summed E-state index contributed by atoms with van der Waals surface area (Å²) < 4.78 is 11.6. The topological polar surface area (TPSA) is 101 Å². The van der Waals surface area contributed by atoms with Gasteiger partial charge in [0.2, 0.25) is 12.5 Å². The zero-order valence-electron chi connectivity index (χ0n) is 14.4. The fourth-order valence-electron chi connectivity index (χ4n) is 3.29. The van der Waals surface area contributed by atoms with Crippen molar-refractivity contribution in [3.8, 4) is 17.2 Å². The first-order valence-corrected chi connectivity index (χ1v) is 9.07. The van der Waals surface area contributed by atoms with E-state index >= 15 is 0 Å². The highest BCUT2D eigenvalue weighted by molar-refractivity contribution is 9.10. The van der Waals surface area contributed by atoms with Crippen molar-refractivity contribution in [1.29, 1.82) is 0 Å². The molecule has 0 bridgehead atoms. The molecule has 0 aliphatic carbocycles. The van der Waals surface area contributed by atoms with Gasteiger partial charge in [-0.05, 0) is 34.0 Å². The molecule has 2 aromatic rings. The molecule has 2 aliphatic heterocycles. The molecule has 8 nitrogen and oxygen atoms in total. The maximum absolute atomic E-state index is 12.6. The summed E-state index contributed by atoms with van der Waals surface area (Å²) in [6, 6.07) is 1.66. The number of ether oxygens (including phenoxy) is 2. The van der Waals surface area contributed by atoms with Crippen LogP contribution in [0.2, 0.25) is 0 Å². The van der Waals surface area contributed by atoms with Gasteiger partial charge in [-0.3, -0.25) is 14.6 Å². The summed E-state index contributed by atoms with van der Waals surface area (Å²) >= 11 is 3.29. The number of carbonyl (C=O) groups excluding carboxylic acids is 2. The van der Waals surface area contributed by atoms with Crippen LogP contribution in [0.25, 0.3) is 0 Å². The first-order valence-electron chi connectivity index (χ1n) is 8.28. The Kier molecular flexibility index (Phi) is 4.39. The van der Waals surface area contributed by atoms with Gasteiger partial charge in [0.1, 0.15) is 0 Å². The fraction of sp³-hybridized carbons (Fsp3) is 0.278. The van der Waals surface area contributed by atoms with Gasteiger partial charge in [0, 0.05) is 42.6 Å². The number of aromatic hydroxyl groups is 1. The maximum Gasteiger partial charge on any atom is 0.257 e. The van der Waals surface area contributed by atoms with Crippen molar-refractivity contribution >= 4 is 27.7 Å². The lowest BCUT2D eigenvalue weighted by atomic mass is 9.91. The molecule has 27 heavy (non-hydrogen) atoms. The summed E-state index contributed by atoms with van der Waals surface area (Å²) in [4.78, 5) is 30.5. The van der Waals surface area contributed by atoms with Crippen LogP contribution in [0.3, 0.4) is 0 Å². The fourth-order valence-corrected chi connectivity index (χ4v) is 3.66. The number of amides is 2. The summed E-state index contributed by atoms with van der Waals surface area (Å²) in [5.74, 6) is -0.282. The minimum atomic E-state index is -0.308. The van der Waals surface area contributed by atoms with Gasteiger partial charge in [-0.1, -0.05) is 0 Å². The lowest BCUT2D eigenvalue weighted by Gasteiger charge is -2.28. The number of likely N-dealkylation sites (N-methyl/N-ethyl adjacent to an activating group) is 1. The number of aromatic nitrogens is 1. The maximum atomic E-state index is 12.6. The predicted octanol–water partition coefficient (Wildman–Crippen LogP) is 1.84. The Morgan fingerprint density at radius 2 is 2.15 bits per heavy atom. The number of phenols is 1. The van der Waals surface area contributed by atoms with E-state index in [1.165, 1.54) is 6.20 Å². The molecule has 0 saturated carbocycles. The van der Waals surface area contributed by atoms with Crippen molar-refractivity contribution in [2.24, 2.45) is 0 Å². The Morgan fingerprint density at radius 3 is 2.93 bits per heavy atom. The number of nitrogens with zero attached hydrogens (tertiary/aromatic N) is 2. The molecule has 0 spiro atoms. The van der Waals surface area contributed by atoms with Crippen LogP contribution in [0, 0.1) is 0 Å². The molecule has 1 aromatic carbocycles. The van der Waals surface area contributed by atoms with E-state index in [0.29, 0.717) is 39.9 Å². The van der Waals surface area contributed by atoms with Gasteiger partial charge < -0.3 is 24.8 Å². The standard InChI is InChI=1S/C18H16BrN3O5/c1-22-3-2-11-12(7-21-17(24)9-4-10(19)6-20-5-9)15-16(27-8-26-15)14(23)13(11)18(22)25/h4-6,23H,2-3,7-8H2,1H3,(H,21,24). The number of benzene rings is 1. The van der Waals surface area contributed by atoms with Crippen LogP contribution in [0.4, 0.5) is 0 Å². The van der Waals surface area contributed by atoms with Crippen molar-refractivity contribution in [3.63, 3.8) is 0 Å². The highest BCUT2D eigenvalue weighted by Crippen LogP contribution is 2.48. The summed E-state index contributed by atoms with van der Waals surface area (Å²) in [5.41, 5.74) is 1.93. The predicted molar refractivity (Wildman–Crippen MR) is 98.0 cm³/mol. The Morgan fingerprint density at radius 1 is 1.37 bits per heavy atom. The van der Waals surface area contributed by atoms with E-state index in [9.17, 15) is 14.7 Å². The molecular formula is C18H16BrN3O5. The average Bonchev–Trinajstić information content (AvgIpc) is 3.14. The quantitative estimate of drug-likeness (QED) is 0.765. The van der Waals surface area contributed by atoms with E-state index in [2.05, 4.69) is 26.2 Å². The lowest BCUT2D eigenvalue weighted by Crippen LogP contribution is -2.35. The summed E-state index contributed by atoms with van der Waals surface area (Å²) in [6.07, 6.45) is 3.60. The third kappa shape index (κ3) is 2.97. The number of phenolic OH excluding ortho intramolecular Hbond substituents is 1. The molecule has 9 heteroatoms. The van der Waals surface area contributed by atoms with E-state index in [1.54, 1.807) is 24.2 Å². The second-order valence-electron chi connectivity index (χ2n) is 6.30. The van der Waals surface area contributed by atoms with Crippen molar-refractivity contribution in [2.75, 3.05) is 20.4 Å². The minimum Gasteiger partial charge on any atom is -0.504 e. The van der Waals surface area contributed by atoms with E-state index in [1.807, 2.05) is 0 Å². The molecule has 0 saturated heterocycles. The third-order valence-electron chi connectivity index (χ3n) is 4.66. The molecule has 2 amide bonds. The zero-order valence-corrected chi connectivity index (χ0v) is 16.0. The first-order chi connectivity index (χ1) is 13.0. The van der Waals surface area contributed by atoms with Crippen LogP contribution >= 0.6 is 15.9 Å². The molecule has 140 valence electrons.